The molecule has 1 aliphatic rings. The third kappa shape index (κ3) is 7.15. The van der Waals surface area contributed by atoms with Gasteiger partial charge in [0.1, 0.15) is 0 Å². The lowest BCUT2D eigenvalue weighted by Gasteiger charge is -2.16. The van der Waals surface area contributed by atoms with Gasteiger partial charge in [0.25, 0.3) is 0 Å². The van der Waals surface area contributed by atoms with E-state index in [1.807, 2.05) is 6.92 Å². The van der Waals surface area contributed by atoms with E-state index in [0.717, 1.165) is 32.2 Å². The lowest BCUT2D eigenvalue weighted by Crippen LogP contribution is -2.44. The molecule has 1 fully saturated rings. The normalized spacial score (nSPS) is 21.4. The number of rotatable bonds is 7. The number of carbonyl (C=O) groups is 2. The minimum Gasteiger partial charge on any atom is -0.481 e. The molecule has 3 N–H and O–H groups in total. The molecule has 110 valence electrons. The Balaban J connectivity index is 2.13. The Morgan fingerprint density at radius 2 is 2.11 bits per heavy atom. The molecule has 0 radical (unpaired) electrons. The van der Waals surface area contributed by atoms with Crippen LogP contribution >= 0.6 is 0 Å². The number of carboxylic acid groups (broad SMARTS) is 1. The second-order valence-electron chi connectivity index (χ2n) is 5.47. The van der Waals surface area contributed by atoms with E-state index in [9.17, 15) is 9.59 Å². The lowest BCUT2D eigenvalue weighted by molar-refractivity contribution is -0.137. The van der Waals surface area contributed by atoms with Crippen molar-refractivity contribution in [3.63, 3.8) is 0 Å². The zero-order valence-electron chi connectivity index (χ0n) is 11.8. The van der Waals surface area contributed by atoms with E-state index < -0.39 is 5.97 Å². The van der Waals surface area contributed by atoms with Gasteiger partial charge in [-0.1, -0.05) is 19.8 Å². The number of amides is 1. The first-order chi connectivity index (χ1) is 9.09. The lowest BCUT2D eigenvalue weighted by atomic mass is 10.0. The Kier molecular flexibility index (Phi) is 7.48. The van der Waals surface area contributed by atoms with Gasteiger partial charge >= 0.3 is 5.97 Å². The fourth-order valence-corrected chi connectivity index (χ4v) is 2.33. The average Bonchev–Trinajstić information content (AvgIpc) is 2.65. The standard InChI is InChI=1S/C14H26N2O3/c1-11(6-7-13(17)18)8-10-16-14(19)12-5-3-2-4-9-15-12/h11-12,15H,2-10H2,1H3,(H,16,19)(H,17,18). The van der Waals surface area contributed by atoms with Crippen molar-refractivity contribution in [2.45, 2.75) is 57.9 Å². The van der Waals surface area contributed by atoms with E-state index in [1.165, 1.54) is 6.42 Å². The summed E-state index contributed by atoms with van der Waals surface area (Å²) >= 11 is 0. The predicted molar refractivity (Wildman–Crippen MR) is 73.9 cm³/mol. The number of carboxylic acids is 1. The van der Waals surface area contributed by atoms with Crippen LogP contribution in [0.4, 0.5) is 0 Å². The molecule has 19 heavy (non-hydrogen) atoms. The molecule has 1 aliphatic heterocycles. The van der Waals surface area contributed by atoms with E-state index >= 15 is 0 Å². The summed E-state index contributed by atoms with van der Waals surface area (Å²) in [7, 11) is 0. The van der Waals surface area contributed by atoms with Crippen molar-refractivity contribution < 1.29 is 14.7 Å². The molecule has 2 atom stereocenters. The van der Waals surface area contributed by atoms with Crippen LogP contribution in [-0.2, 0) is 9.59 Å². The van der Waals surface area contributed by atoms with Gasteiger partial charge in [0.15, 0.2) is 0 Å². The molecule has 0 spiro atoms. The molecule has 1 amide bonds. The topological polar surface area (TPSA) is 78.4 Å². The van der Waals surface area contributed by atoms with Crippen molar-refractivity contribution >= 4 is 11.9 Å². The summed E-state index contributed by atoms with van der Waals surface area (Å²) in [4.78, 5) is 22.4. The number of hydrogen-bond donors (Lipinski definition) is 3. The van der Waals surface area contributed by atoms with Crippen molar-refractivity contribution in [2.75, 3.05) is 13.1 Å². The van der Waals surface area contributed by atoms with Crippen molar-refractivity contribution in [3.8, 4) is 0 Å². The molecule has 0 aromatic heterocycles. The van der Waals surface area contributed by atoms with Crippen molar-refractivity contribution in [2.24, 2.45) is 5.92 Å². The first kappa shape index (κ1) is 16.0. The summed E-state index contributed by atoms with van der Waals surface area (Å²) in [5.41, 5.74) is 0. The summed E-state index contributed by atoms with van der Waals surface area (Å²) in [6, 6.07) is -0.0446. The van der Waals surface area contributed by atoms with Crippen LogP contribution in [-0.4, -0.2) is 36.1 Å². The van der Waals surface area contributed by atoms with E-state index in [-0.39, 0.29) is 18.4 Å². The SMILES string of the molecule is CC(CCNC(=O)C1CCCCCN1)CCC(=O)O. The van der Waals surface area contributed by atoms with Crippen molar-refractivity contribution in [1.82, 2.24) is 10.6 Å². The highest BCUT2D eigenvalue weighted by Gasteiger charge is 2.18. The molecule has 1 rings (SSSR count). The first-order valence-electron chi connectivity index (χ1n) is 7.32. The highest BCUT2D eigenvalue weighted by atomic mass is 16.4. The molecular formula is C14H26N2O3. The van der Waals surface area contributed by atoms with Crippen LogP contribution in [0.2, 0.25) is 0 Å². The molecule has 1 heterocycles. The number of carbonyl (C=O) groups excluding carboxylic acids is 1. The largest absolute Gasteiger partial charge is 0.481 e. The second kappa shape index (κ2) is 8.91. The molecule has 0 saturated carbocycles. The quantitative estimate of drug-likeness (QED) is 0.655. The molecule has 0 bridgehead atoms. The Morgan fingerprint density at radius 1 is 1.32 bits per heavy atom. The Morgan fingerprint density at radius 3 is 2.84 bits per heavy atom. The Labute approximate surface area is 115 Å². The zero-order valence-corrected chi connectivity index (χ0v) is 11.8. The van der Waals surface area contributed by atoms with E-state index in [1.54, 1.807) is 0 Å². The summed E-state index contributed by atoms with van der Waals surface area (Å²) < 4.78 is 0. The van der Waals surface area contributed by atoms with Crippen LogP contribution in [0.5, 0.6) is 0 Å². The van der Waals surface area contributed by atoms with Crippen LogP contribution in [0, 0.1) is 5.92 Å². The van der Waals surface area contributed by atoms with Gasteiger partial charge in [-0.3, -0.25) is 9.59 Å². The summed E-state index contributed by atoms with van der Waals surface area (Å²) in [6.45, 7) is 3.59. The molecule has 0 aromatic carbocycles. The van der Waals surface area contributed by atoms with Crippen LogP contribution in [0.15, 0.2) is 0 Å². The van der Waals surface area contributed by atoms with Gasteiger partial charge in [0, 0.05) is 13.0 Å². The fraction of sp³-hybridized carbons (Fsp3) is 0.857. The third-order valence-electron chi connectivity index (χ3n) is 3.66. The van der Waals surface area contributed by atoms with Crippen LogP contribution in [0.1, 0.15) is 51.9 Å². The highest BCUT2D eigenvalue weighted by molar-refractivity contribution is 5.81. The molecule has 5 heteroatoms. The van der Waals surface area contributed by atoms with Gasteiger partial charge in [-0.15, -0.1) is 0 Å². The fourth-order valence-electron chi connectivity index (χ4n) is 2.33. The van der Waals surface area contributed by atoms with Crippen LogP contribution in [0.3, 0.4) is 0 Å². The number of aliphatic carboxylic acids is 1. The van der Waals surface area contributed by atoms with E-state index in [2.05, 4.69) is 10.6 Å². The van der Waals surface area contributed by atoms with Gasteiger partial charge in [-0.25, -0.2) is 0 Å². The molecule has 2 unspecified atom stereocenters. The summed E-state index contributed by atoms with van der Waals surface area (Å²) in [5, 5.41) is 14.8. The van der Waals surface area contributed by atoms with Gasteiger partial charge in [-0.05, 0) is 38.1 Å². The van der Waals surface area contributed by atoms with E-state index in [0.29, 0.717) is 18.9 Å². The zero-order chi connectivity index (χ0) is 14.1. The molecule has 5 nitrogen and oxygen atoms in total. The summed E-state index contributed by atoms with van der Waals surface area (Å²) in [6.07, 6.45) is 6.09. The maximum absolute atomic E-state index is 11.9. The monoisotopic (exact) mass is 270 g/mol. The maximum atomic E-state index is 11.9. The molecular weight excluding hydrogens is 244 g/mol. The molecule has 0 aromatic rings. The third-order valence-corrected chi connectivity index (χ3v) is 3.66. The average molecular weight is 270 g/mol. The van der Waals surface area contributed by atoms with E-state index in [4.69, 9.17) is 5.11 Å². The number of hydrogen-bond acceptors (Lipinski definition) is 3. The first-order valence-corrected chi connectivity index (χ1v) is 7.32. The Hall–Kier alpha value is -1.10. The minimum atomic E-state index is -0.751. The summed E-state index contributed by atoms with van der Waals surface area (Å²) in [5.74, 6) is -0.329. The molecule has 0 aliphatic carbocycles. The van der Waals surface area contributed by atoms with Crippen molar-refractivity contribution in [1.29, 1.82) is 0 Å². The highest BCUT2D eigenvalue weighted by Crippen LogP contribution is 2.10. The Bertz CT molecular complexity index is 286. The smallest absolute Gasteiger partial charge is 0.303 e. The minimum absolute atomic E-state index is 0.0446. The molecule has 1 saturated heterocycles. The second-order valence-corrected chi connectivity index (χ2v) is 5.47. The predicted octanol–water partition coefficient (Wildman–Crippen LogP) is 1.53. The van der Waals surface area contributed by atoms with Crippen molar-refractivity contribution in [3.05, 3.63) is 0 Å². The van der Waals surface area contributed by atoms with Gasteiger partial charge in [0.05, 0.1) is 6.04 Å². The van der Waals surface area contributed by atoms with Gasteiger partial charge in [0.2, 0.25) is 5.91 Å². The number of nitrogens with one attached hydrogen (secondary N) is 2. The van der Waals surface area contributed by atoms with Gasteiger partial charge in [-0.2, -0.15) is 0 Å². The maximum Gasteiger partial charge on any atom is 0.303 e. The van der Waals surface area contributed by atoms with Crippen LogP contribution in [0.25, 0.3) is 0 Å². The van der Waals surface area contributed by atoms with Gasteiger partial charge < -0.3 is 15.7 Å². The van der Waals surface area contributed by atoms with Crippen LogP contribution < -0.4 is 10.6 Å².